The Hall–Kier alpha value is -0.160. The molecule has 0 aromatic heterocycles. The maximum absolute atomic E-state index is 5.60. The summed E-state index contributed by atoms with van der Waals surface area (Å²) in [6.45, 7) is 2.44. The molecule has 0 atom stereocenters. The highest BCUT2D eigenvalue weighted by molar-refractivity contribution is 4.88. The van der Waals surface area contributed by atoms with Crippen molar-refractivity contribution in [3.63, 3.8) is 0 Å². The van der Waals surface area contributed by atoms with Gasteiger partial charge >= 0.3 is 0 Å². The molecule has 9 heavy (non-hydrogen) atoms. The van der Waals surface area contributed by atoms with Crippen LogP contribution in [0, 0.1) is 0 Å². The molecule has 1 fully saturated rings. The highest BCUT2D eigenvalue weighted by Crippen LogP contribution is 2.17. The lowest BCUT2D eigenvalue weighted by atomic mass is 10.1. The van der Waals surface area contributed by atoms with Gasteiger partial charge in [-0.05, 0) is 0 Å². The summed E-state index contributed by atoms with van der Waals surface area (Å²) in [5.74, 6) is -0.556. The lowest BCUT2D eigenvalue weighted by Gasteiger charge is -2.47. The van der Waals surface area contributed by atoms with E-state index in [2.05, 4.69) is 0 Å². The fourth-order valence-corrected chi connectivity index (χ4v) is 1.00. The zero-order valence-corrected chi connectivity index (χ0v) is 5.51. The Kier molecular flexibility index (Phi) is 1.72. The highest BCUT2D eigenvalue weighted by atomic mass is 15.4. The van der Waals surface area contributed by atoms with Crippen LogP contribution in [0.2, 0.25) is 0 Å². The minimum absolute atomic E-state index is 0.556. The first-order chi connectivity index (χ1) is 4.17. The van der Waals surface area contributed by atoms with Gasteiger partial charge in [-0.15, -0.1) is 0 Å². The fourth-order valence-electron chi connectivity index (χ4n) is 1.00. The van der Waals surface area contributed by atoms with Crippen LogP contribution in [0.5, 0.6) is 0 Å². The molecule has 0 aliphatic carbocycles. The Morgan fingerprint density at radius 2 is 2.11 bits per heavy atom. The van der Waals surface area contributed by atoms with E-state index in [0.29, 0.717) is 6.54 Å². The Labute approximate surface area is 55.0 Å². The second kappa shape index (κ2) is 2.22. The average molecular weight is 130 g/mol. The second-order valence-electron chi connectivity index (χ2n) is 2.52. The molecule has 0 unspecified atom stereocenters. The van der Waals surface area contributed by atoms with Gasteiger partial charge in [-0.1, -0.05) is 0 Å². The Morgan fingerprint density at radius 1 is 1.44 bits per heavy atom. The third kappa shape index (κ3) is 1.21. The van der Waals surface area contributed by atoms with E-state index in [1.54, 1.807) is 0 Å². The van der Waals surface area contributed by atoms with Crippen molar-refractivity contribution in [1.29, 1.82) is 0 Å². The van der Waals surface area contributed by atoms with Crippen molar-refractivity contribution in [2.75, 3.05) is 19.6 Å². The van der Waals surface area contributed by atoms with Gasteiger partial charge in [-0.2, -0.15) is 0 Å². The van der Waals surface area contributed by atoms with E-state index in [0.717, 1.165) is 19.5 Å². The summed E-state index contributed by atoms with van der Waals surface area (Å²) in [7, 11) is 0. The first kappa shape index (κ1) is 6.95. The molecule has 6 N–H and O–H groups in total. The third-order valence-electron chi connectivity index (χ3n) is 1.77. The predicted octanol–water partition coefficient (Wildman–Crippen LogP) is -1.78. The maximum atomic E-state index is 5.60. The van der Waals surface area contributed by atoms with Crippen LogP contribution >= 0.6 is 0 Å². The number of rotatable bonds is 2. The molecule has 54 valence electrons. The number of hydrogen-bond acceptors (Lipinski definition) is 4. The maximum Gasteiger partial charge on any atom is 0.122 e. The molecule has 1 saturated heterocycles. The van der Waals surface area contributed by atoms with E-state index < -0.39 is 5.79 Å². The van der Waals surface area contributed by atoms with E-state index in [1.807, 2.05) is 4.90 Å². The lowest BCUT2D eigenvalue weighted by Crippen LogP contribution is -2.72. The number of nitrogens with zero attached hydrogens (tertiary/aromatic N) is 1. The molecule has 0 aromatic carbocycles. The molecule has 1 aliphatic rings. The van der Waals surface area contributed by atoms with E-state index in [9.17, 15) is 0 Å². The summed E-state index contributed by atoms with van der Waals surface area (Å²) >= 11 is 0. The smallest absolute Gasteiger partial charge is 0.122 e. The second-order valence-corrected chi connectivity index (χ2v) is 2.52. The van der Waals surface area contributed by atoms with E-state index >= 15 is 0 Å². The van der Waals surface area contributed by atoms with Gasteiger partial charge in [0.25, 0.3) is 0 Å². The standard InChI is InChI=1S/C5H14N4/c6-2-4-9-3-1-5(9,7)8/h1-4,6-8H2. The SMILES string of the molecule is NCCN1CCC1(N)N. The number of nitrogens with two attached hydrogens (primary N) is 3. The molecule has 4 nitrogen and oxygen atoms in total. The molecule has 4 heteroatoms. The van der Waals surface area contributed by atoms with Crippen LogP contribution in [-0.2, 0) is 0 Å². The van der Waals surface area contributed by atoms with Crippen molar-refractivity contribution >= 4 is 0 Å². The van der Waals surface area contributed by atoms with Gasteiger partial charge < -0.3 is 17.2 Å². The summed E-state index contributed by atoms with van der Waals surface area (Å²) in [4.78, 5) is 1.98. The molecule has 1 rings (SSSR count). The predicted molar refractivity (Wildman–Crippen MR) is 36.4 cm³/mol. The molecular formula is C5H14N4. The van der Waals surface area contributed by atoms with Crippen molar-refractivity contribution in [3.8, 4) is 0 Å². The van der Waals surface area contributed by atoms with E-state index in [1.165, 1.54) is 0 Å². The third-order valence-corrected chi connectivity index (χ3v) is 1.77. The van der Waals surface area contributed by atoms with Crippen LogP contribution < -0.4 is 17.2 Å². The van der Waals surface area contributed by atoms with E-state index in [-0.39, 0.29) is 0 Å². The number of hydrogen-bond donors (Lipinski definition) is 3. The van der Waals surface area contributed by atoms with Crippen molar-refractivity contribution < 1.29 is 0 Å². The first-order valence-corrected chi connectivity index (χ1v) is 3.20. The molecule has 0 radical (unpaired) electrons. The molecule has 0 spiro atoms. The molecule has 1 heterocycles. The zero-order valence-electron chi connectivity index (χ0n) is 5.51. The highest BCUT2D eigenvalue weighted by Gasteiger charge is 2.36. The molecule has 0 saturated carbocycles. The summed E-state index contributed by atoms with van der Waals surface area (Å²) in [6, 6.07) is 0. The average Bonchev–Trinajstić information content (AvgIpc) is 1.81. The van der Waals surface area contributed by atoms with E-state index in [4.69, 9.17) is 17.2 Å². The molecule has 0 bridgehead atoms. The summed E-state index contributed by atoms with van der Waals surface area (Å²) in [6.07, 6.45) is 0.882. The zero-order chi connectivity index (χ0) is 6.91. The van der Waals surface area contributed by atoms with Crippen molar-refractivity contribution in [1.82, 2.24) is 4.90 Å². The minimum Gasteiger partial charge on any atom is -0.329 e. The Balaban J connectivity index is 2.28. The molecule has 0 aromatic rings. The van der Waals surface area contributed by atoms with Crippen LogP contribution in [0.15, 0.2) is 0 Å². The van der Waals surface area contributed by atoms with Crippen LogP contribution in [0.25, 0.3) is 0 Å². The van der Waals surface area contributed by atoms with Gasteiger partial charge in [0, 0.05) is 26.1 Å². The van der Waals surface area contributed by atoms with Gasteiger partial charge in [-0.25, -0.2) is 0 Å². The Bertz CT molecular complexity index is 101. The van der Waals surface area contributed by atoms with Gasteiger partial charge in [0.15, 0.2) is 0 Å². The van der Waals surface area contributed by atoms with Crippen molar-refractivity contribution in [2.24, 2.45) is 17.2 Å². The summed E-state index contributed by atoms with van der Waals surface area (Å²) in [5, 5.41) is 0. The largest absolute Gasteiger partial charge is 0.329 e. The van der Waals surface area contributed by atoms with Crippen LogP contribution in [0.4, 0.5) is 0 Å². The quantitative estimate of drug-likeness (QED) is 0.386. The first-order valence-electron chi connectivity index (χ1n) is 3.20. The van der Waals surface area contributed by atoms with Crippen LogP contribution in [0.1, 0.15) is 6.42 Å². The Morgan fingerprint density at radius 3 is 2.22 bits per heavy atom. The molecule has 0 amide bonds. The van der Waals surface area contributed by atoms with Crippen molar-refractivity contribution in [3.05, 3.63) is 0 Å². The van der Waals surface area contributed by atoms with Gasteiger partial charge in [0.05, 0.1) is 0 Å². The normalized spacial score (nSPS) is 25.7. The summed E-state index contributed by atoms with van der Waals surface area (Å²) < 4.78 is 0. The lowest BCUT2D eigenvalue weighted by molar-refractivity contribution is -0.00161. The fraction of sp³-hybridized carbons (Fsp3) is 1.00. The summed E-state index contributed by atoms with van der Waals surface area (Å²) in [5.41, 5.74) is 16.5. The van der Waals surface area contributed by atoms with Gasteiger partial charge in [-0.3, -0.25) is 4.90 Å². The monoisotopic (exact) mass is 130 g/mol. The topological polar surface area (TPSA) is 81.3 Å². The van der Waals surface area contributed by atoms with Gasteiger partial charge in [0.1, 0.15) is 5.79 Å². The van der Waals surface area contributed by atoms with Crippen molar-refractivity contribution in [2.45, 2.75) is 12.2 Å². The van der Waals surface area contributed by atoms with Crippen LogP contribution in [-0.4, -0.2) is 30.3 Å². The number of likely N-dealkylation sites (tertiary alicyclic amines) is 1. The van der Waals surface area contributed by atoms with Gasteiger partial charge in [0.2, 0.25) is 0 Å². The molecular weight excluding hydrogens is 116 g/mol. The molecule has 1 aliphatic heterocycles. The van der Waals surface area contributed by atoms with Crippen LogP contribution in [0.3, 0.4) is 0 Å². The minimum atomic E-state index is -0.556.